The van der Waals surface area contributed by atoms with Gasteiger partial charge in [0.05, 0.1) is 12.2 Å². The highest BCUT2D eigenvalue weighted by Crippen LogP contribution is 2.23. The van der Waals surface area contributed by atoms with Crippen LogP contribution < -0.4 is 4.74 Å². The molecule has 2 aromatic carbocycles. The zero-order chi connectivity index (χ0) is 20.8. The van der Waals surface area contributed by atoms with E-state index in [0.29, 0.717) is 25.3 Å². The lowest BCUT2D eigenvalue weighted by molar-refractivity contribution is 0.0761. The average molecular weight is 411 g/mol. The minimum absolute atomic E-state index is 0.189. The Morgan fingerprint density at radius 3 is 2.72 bits per heavy atom. The molecule has 4 nitrogen and oxygen atoms in total. The molecule has 0 fully saturated rings. The number of hydrogen-bond donors (Lipinski definition) is 0. The number of amides is 1. The first-order valence-corrected chi connectivity index (χ1v) is 10.1. The van der Waals surface area contributed by atoms with Crippen LogP contribution >= 0.6 is 11.3 Å². The molecule has 0 spiro atoms. The second kappa shape index (κ2) is 9.47. The summed E-state index contributed by atoms with van der Waals surface area (Å²) in [5.74, 6) is 0.289. The molecule has 1 heterocycles. The van der Waals surface area contributed by atoms with Gasteiger partial charge in [-0.25, -0.2) is 9.37 Å². The Morgan fingerprint density at radius 2 is 2.00 bits per heavy atom. The lowest BCUT2D eigenvalue weighted by atomic mass is 10.1. The van der Waals surface area contributed by atoms with Gasteiger partial charge in [0.15, 0.2) is 0 Å². The van der Waals surface area contributed by atoms with Crippen molar-refractivity contribution in [3.63, 3.8) is 0 Å². The highest BCUT2D eigenvalue weighted by Gasteiger charge is 2.17. The topological polar surface area (TPSA) is 42.4 Å². The van der Waals surface area contributed by atoms with Crippen LogP contribution in [0.3, 0.4) is 0 Å². The van der Waals surface area contributed by atoms with E-state index in [1.807, 2.05) is 24.4 Å². The van der Waals surface area contributed by atoms with Gasteiger partial charge >= 0.3 is 0 Å². The number of hydrogen-bond acceptors (Lipinski definition) is 4. The third-order valence-electron chi connectivity index (χ3n) is 4.59. The van der Waals surface area contributed by atoms with Crippen molar-refractivity contribution in [1.82, 2.24) is 9.88 Å². The molecule has 0 aliphatic heterocycles. The van der Waals surface area contributed by atoms with Gasteiger partial charge in [0.2, 0.25) is 0 Å². The summed E-state index contributed by atoms with van der Waals surface area (Å²) in [5.41, 5.74) is 3.52. The van der Waals surface area contributed by atoms with Crippen LogP contribution in [0.25, 0.3) is 0 Å². The number of halogens is 1. The Hall–Kier alpha value is -2.99. The van der Waals surface area contributed by atoms with Gasteiger partial charge in [-0.2, -0.15) is 0 Å². The Kier molecular flexibility index (Phi) is 6.77. The van der Waals surface area contributed by atoms with Crippen LogP contribution in [0.1, 0.15) is 32.2 Å². The molecule has 0 radical (unpaired) electrons. The van der Waals surface area contributed by atoms with Gasteiger partial charge in [0, 0.05) is 17.5 Å². The van der Waals surface area contributed by atoms with Crippen molar-refractivity contribution in [3.05, 3.63) is 93.7 Å². The summed E-state index contributed by atoms with van der Waals surface area (Å²) in [7, 11) is 0. The maximum Gasteiger partial charge on any atom is 0.254 e. The first kappa shape index (κ1) is 20.7. The molecule has 150 valence electrons. The zero-order valence-electron chi connectivity index (χ0n) is 16.5. The molecular formula is C23H23FN2O2S. The van der Waals surface area contributed by atoms with Crippen molar-refractivity contribution in [3.8, 4) is 5.75 Å². The van der Waals surface area contributed by atoms with Gasteiger partial charge < -0.3 is 9.64 Å². The summed E-state index contributed by atoms with van der Waals surface area (Å²) in [5, 5.41) is 2.77. The van der Waals surface area contributed by atoms with Crippen LogP contribution in [-0.4, -0.2) is 22.3 Å². The van der Waals surface area contributed by atoms with Crippen LogP contribution in [0.2, 0.25) is 0 Å². The lowest BCUT2D eigenvalue weighted by Gasteiger charge is -2.20. The summed E-state index contributed by atoms with van der Waals surface area (Å²) >= 11 is 1.50. The molecule has 0 unspecified atom stereocenters. The van der Waals surface area contributed by atoms with E-state index in [1.54, 1.807) is 11.0 Å². The summed E-state index contributed by atoms with van der Waals surface area (Å²) < 4.78 is 19.0. The number of rotatable bonds is 8. The van der Waals surface area contributed by atoms with Crippen molar-refractivity contribution >= 4 is 17.2 Å². The van der Waals surface area contributed by atoms with Gasteiger partial charge in [-0.15, -0.1) is 17.9 Å². The summed E-state index contributed by atoms with van der Waals surface area (Å²) in [6.07, 6.45) is 1.67. The molecule has 1 aromatic heterocycles. The van der Waals surface area contributed by atoms with E-state index in [-0.39, 0.29) is 11.7 Å². The van der Waals surface area contributed by atoms with Crippen molar-refractivity contribution in [2.24, 2.45) is 0 Å². The van der Waals surface area contributed by atoms with Crippen molar-refractivity contribution in [2.75, 3.05) is 6.54 Å². The number of aryl methyl sites for hydroxylation is 1. The van der Waals surface area contributed by atoms with Gasteiger partial charge in [-0.3, -0.25) is 4.79 Å². The molecule has 0 N–H and O–H groups in total. The highest BCUT2D eigenvalue weighted by molar-refractivity contribution is 7.09. The van der Waals surface area contributed by atoms with E-state index in [4.69, 9.17) is 4.74 Å². The largest absolute Gasteiger partial charge is 0.486 e. The predicted molar refractivity (Wildman–Crippen MR) is 114 cm³/mol. The van der Waals surface area contributed by atoms with Crippen molar-refractivity contribution in [1.29, 1.82) is 0 Å². The number of aromatic nitrogens is 1. The standard InChI is InChI=1S/C23H23FN2O2S/c1-4-12-26(23(27)18-8-10-19(24)11-9-18)13-20-15-29-22(25-20)14-28-21-7-5-6-16(2)17(21)3/h4-11,15H,1,12-14H2,2-3H3. The molecule has 1 amide bonds. The van der Waals surface area contributed by atoms with Crippen LogP contribution in [0.5, 0.6) is 5.75 Å². The normalized spacial score (nSPS) is 10.6. The lowest BCUT2D eigenvalue weighted by Crippen LogP contribution is -2.30. The third kappa shape index (κ3) is 5.29. The van der Waals surface area contributed by atoms with Gasteiger partial charge in [-0.1, -0.05) is 18.2 Å². The predicted octanol–water partition coefficient (Wildman–Crippen LogP) is 5.31. The molecule has 3 aromatic rings. The molecule has 0 aliphatic rings. The monoisotopic (exact) mass is 410 g/mol. The SMILES string of the molecule is C=CCN(Cc1csc(COc2cccc(C)c2C)n1)C(=O)c1ccc(F)cc1. The molecule has 0 atom stereocenters. The van der Waals surface area contributed by atoms with Gasteiger partial charge in [-0.05, 0) is 55.3 Å². The summed E-state index contributed by atoms with van der Waals surface area (Å²) in [4.78, 5) is 19.0. The number of carbonyl (C=O) groups excluding carboxylic acids is 1. The summed E-state index contributed by atoms with van der Waals surface area (Å²) in [6.45, 7) is 8.91. The van der Waals surface area contributed by atoms with E-state index in [0.717, 1.165) is 22.0 Å². The van der Waals surface area contributed by atoms with Gasteiger partial charge in [0.25, 0.3) is 5.91 Å². The van der Waals surface area contributed by atoms with E-state index >= 15 is 0 Å². The molecule has 0 aliphatic carbocycles. The summed E-state index contributed by atoms with van der Waals surface area (Å²) in [6, 6.07) is 11.5. The average Bonchev–Trinajstić information content (AvgIpc) is 3.16. The van der Waals surface area contributed by atoms with E-state index < -0.39 is 0 Å². The van der Waals surface area contributed by atoms with E-state index in [1.165, 1.54) is 41.2 Å². The maximum absolute atomic E-state index is 13.1. The third-order valence-corrected chi connectivity index (χ3v) is 5.46. The minimum Gasteiger partial charge on any atom is -0.486 e. The van der Waals surface area contributed by atoms with E-state index in [9.17, 15) is 9.18 Å². The first-order valence-electron chi connectivity index (χ1n) is 9.26. The molecular weight excluding hydrogens is 387 g/mol. The Labute approximate surface area is 174 Å². The van der Waals surface area contributed by atoms with Crippen LogP contribution in [0, 0.1) is 19.7 Å². The Balaban J connectivity index is 1.66. The molecule has 3 rings (SSSR count). The quantitative estimate of drug-likeness (QED) is 0.473. The zero-order valence-corrected chi connectivity index (χ0v) is 17.3. The van der Waals surface area contributed by atoms with Crippen LogP contribution in [-0.2, 0) is 13.2 Å². The number of benzene rings is 2. The van der Waals surface area contributed by atoms with E-state index in [2.05, 4.69) is 24.6 Å². The van der Waals surface area contributed by atoms with Crippen molar-refractivity contribution in [2.45, 2.75) is 27.0 Å². The maximum atomic E-state index is 13.1. The second-order valence-electron chi connectivity index (χ2n) is 6.70. The molecule has 0 saturated heterocycles. The van der Waals surface area contributed by atoms with Gasteiger partial charge in [0.1, 0.15) is 23.2 Å². The number of nitrogens with zero attached hydrogens (tertiary/aromatic N) is 2. The molecule has 6 heteroatoms. The van der Waals surface area contributed by atoms with Crippen molar-refractivity contribution < 1.29 is 13.9 Å². The molecule has 0 bridgehead atoms. The van der Waals surface area contributed by atoms with Crippen LogP contribution in [0.15, 0.2) is 60.5 Å². The minimum atomic E-state index is -0.371. The first-order chi connectivity index (χ1) is 14.0. The fourth-order valence-electron chi connectivity index (χ4n) is 2.85. The Bertz CT molecular complexity index is 998. The molecule has 29 heavy (non-hydrogen) atoms. The number of ether oxygens (including phenoxy) is 1. The fourth-order valence-corrected chi connectivity index (χ4v) is 3.55. The second-order valence-corrected chi connectivity index (χ2v) is 7.64. The fraction of sp³-hybridized carbons (Fsp3) is 0.217. The van der Waals surface area contributed by atoms with Crippen LogP contribution in [0.4, 0.5) is 4.39 Å². The smallest absolute Gasteiger partial charge is 0.254 e. The Morgan fingerprint density at radius 1 is 1.24 bits per heavy atom. The number of carbonyl (C=O) groups is 1. The number of thiazole rings is 1. The highest BCUT2D eigenvalue weighted by atomic mass is 32.1. The molecule has 0 saturated carbocycles.